The molecular formula is C22H29N7O. The number of piperidine rings is 1. The van der Waals surface area contributed by atoms with Crippen LogP contribution in [0.15, 0.2) is 36.7 Å². The van der Waals surface area contributed by atoms with E-state index < -0.39 is 0 Å². The zero-order chi connectivity index (χ0) is 20.2. The number of pyridine rings is 1. The first-order chi connectivity index (χ1) is 14.9. The van der Waals surface area contributed by atoms with Crippen molar-refractivity contribution in [2.45, 2.75) is 25.2 Å². The van der Waals surface area contributed by atoms with Crippen LogP contribution in [0.1, 0.15) is 31.0 Å². The Hall–Kier alpha value is -2.42. The maximum absolute atomic E-state index is 5.56. The Balaban J connectivity index is 1.22. The molecule has 2 fully saturated rings. The number of hydrogen-bond acceptors (Lipinski definition) is 7. The van der Waals surface area contributed by atoms with Gasteiger partial charge in [-0.1, -0.05) is 0 Å². The summed E-state index contributed by atoms with van der Waals surface area (Å²) in [5.41, 5.74) is 2.71. The standard InChI is InChI=1S/C22H29N7O/c1-3-19(17-23-8-1)20-4-5-21-24-25-22(29(21)26-20)18-6-10-28(11-7-18)13-12-27-9-2-15-30-16-14-27/h1,3-5,8,17-18H,2,6-7,9-16H2. The summed E-state index contributed by atoms with van der Waals surface area (Å²) in [6.45, 7) is 8.48. The predicted octanol–water partition coefficient (Wildman–Crippen LogP) is 2.09. The quantitative estimate of drug-likeness (QED) is 0.641. The summed E-state index contributed by atoms with van der Waals surface area (Å²) >= 11 is 0. The van der Waals surface area contributed by atoms with Crippen LogP contribution < -0.4 is 0 Å². The Kier molecular flexibility index (Phi) is 5.96. The van der Waals surface area contributed by atoms with E-state index in [4.69, 9.17) is 9.84 Å². The van der Waals surface area contributed by atoms with E-state index in [1.54, 1.807) is 6.20 Å². The highest BCUT2D eigenvalue weighted by Crippen LogP contribution is 2.27. The molecule has 30 heavy (non-hydrogen) atoms. The van der Waals surface area contributed by atoms with Gasteiger partial charge in [-0.2, -0.15) is 9.61 Å². The average molecular weight is 408 g/mol. The van der Waals surface area contributed by atoms with Crippen LogP contribution in [0, 0.1) is 0 Å². The summed E-state index contributed by atoms with van der Waals surface area (Å²) < 4.78 is 7.49. The Morgan fingerprint density at radius 1 is 0.933 bits per heavy atom. The molecule has 3 aromatic rings. The van der Waals surface area contributed by atoms with Crippen molar-refractivity contribution < 1.29 is 4.74 Å². The summed E-state index contributed by atoms with van der Waals surface area (Å²) in [6.07, 6.45) is 6.97. The van der Waals surface area contributed by atoms with E-state index in [9.17, 15) is 0 Å². The van der Waals surface area contributed by atoms with Crippen molar-refractivity contribution in [1.29, 1.82) is 0 Å². The Bertz CT molecular complexity index is 945. The van der Waals surface area contributed by atoms with Gasteiger partial charge >= 0.3 is 0 Å². The largest absolute Gasteiger partial charge is 0.380 e. The van der Waals surface area contributed by atoms with Crippen LogP contribution in [0.4, 0.5) is 0 Å². The minimum atomic E-state index is 0.402. The molecule has 0 N–H and O–H groups in total. The van der Waals surface area contributed by atoms with Gasteiger partial charge < -0.3 is 9.64 Å². The lowest BCUT2D eigenvalue weighted by atomic mass is 9.96. The molecule has 0 amide bonds. The molecule has 5 rings (SSSR count). The van der Waals surface area contributed by atoms with E-state index in [0.29, 0.717) is 5.92 Å². The second kappa shape index (κ2) is 9.16. The first-order valence-corrected chi connectivity index (χ1v) is 11.0. The number of likely N-dealkylation sites (tertiary alicyclic amines) is 1. The second-order valence-corrected chi connectivity index (χ2v) is 8.21. The van der Waals surface area contributed by atoms with Gasteiger partial charge in [-0.25, -0.2) is 0 Å². The second-order valence-electron chi connectivity index (χ2n) is 8.21. The molecule has 2 saturated heterocycles. The first kappa shape index (κ1) is 19.5. The summed E-state index contributed by atoms with van der Waals surface area (Å²) in [5, 5.41) is 13.7. The lowest BCUT2D eigenvalue weighted by Crippen LogP contribution is -2.40. The summed E-state index contributed by atoms with van der Waals surface area (Å²) in [6, 6.07) is 7.94. The third kappa shape index (κ3) is 4.35. The zero-order valence-corrected chi connectivity index (χ0v) is 17.4. The van der Waals surface area contributed by atoms with Crippen molar-refractivity contribution in [3.63, 3.8) is 0 Å². The normalized spacial score (nSPS) is 19.9. The highest BCUT2D eigenvalue weighted by atomic mass is 16.5. The van der Waals surface area contributed by atoms with Crippen molar-refractivity contribution in [3.05, 3.63) is 42.5 Å². The number of rotatable bonds is 5. The predicted molar refractivity (Wildman–Crippen MR) is 114 cm³/mol. The van der Waals surface area contributed by atoms with E-state index in [2.05, 4.69) is 25.0 Å². The minimum Gasteiger partial charge on any atom is -0.380 e. The van der Waals surface area contributed by atoms with Gasteiger partial charge in [0.2, 0.25) is 0 Å². The van der Waals surface area contributed by atoms with Crippen LogP contribution in [-0.2, 0) is 4.74 Å². The van der Waals surface area contributed by atoms with Crippen LogP contribution in [0.25, 0.3) is 16.9 Å². The van der Waals surface area contributed by atoms with Crippen molar-refractivity contribution in [2.24, 2.45) is 0 Å². The van der Waals surface area contributed by atoms with Gasteiger partial charge in [0.25, 0.3) is 0 Å². The molecule has 0 bridgehead atoms. The van der Waals surface area contributed by atoms with Crippen molar-refractivity contribution in [3.8, 4) is 11.3 Å². The van der Waals surface area contributed by atoms with Crippen molar-refractivity contribution in [2.75, 3.05) is 52.5 Å². The third-order valence-corrected chi connectivity index (χ3v) is 6.24. The molecule has 0 saturated carbocycles. The Labute approximate surface area is 176 Å². The smallest absolute Gasteiger partial charge is 0.177 e. The number of fused-ring (bicyclic) bond motifs is 1. The van der Waals surface area contributed by atoms with E-state index in [1.807, 2.05) is 35.0 Å². The molecule has 8 nitrogen and oxygen atoms in total. The molecule has 0 unspecified atom stereocenters. The third-order valence-electron chi connectivity index (χ3n) is 6.24. The molecule has 2 aliphatic heterocycles. The highest BCUT2D eigenvalue weighted by molar-refractivity contribution is 5.58. The molecule has 0 aliphatic carbocycles. The lowest BCUT2D eigenvalue weighted by molar-refractivity contribution is 0.134. The van der Waals surface area contributed by atoms with Gasteiger partial charge in [-0.15, -0.1) is 10.2 Å². The van der Waals surface area contributed by atoms with E-state index in [-0.39, 0.29) is 0 Å². The van der Waals surface area contributed by atoms with E-state index in [1.165, 1.54) is 0 Å². The molecule has 0 atom stereocenters. The van der Waals surface area contributed by atoms with Gasteiger partial charge in [0.05, 0.1) is 12.3 Å². The number of nitrogens with zero attached hydrogens (tertiary/aromatic N) is 7. The Morgan fingerprint density at radius 3 is 2.63 bits per heavy atom. The fraction of sp³-hybridized carbons (Fsp3) is 0.545. The average Bonchev–Trinajstić information content (AvgIpc) is 3.05. The lowest BCUT2D eigenvalue weighted by Gasteiger charge is -2.32. The van der Waals surface area contributed by atoms with Crippen molar-refractivity contribution in [1.82, 2.24) is 34.6 Å². The maximum Gasteiger partial charge on any atom is 0.177 e. The maximum atomic E-state index is 5.56. The van der Waals surface area contributed by atoms with Gasteiger partial charge in [-0.05, 0) is 56.6 Å². The van der Waals surface area contributed by atoms with Crippen LogP contribution in [0.2, 0.25) is 0 Å². The summed E-state index contributed by atoms with van der Waals surface area (Å²) in [5.74, 6) is 1.39. The fourth-order valence-corrected chi connectivity index (χ4v) is 4.45. The molecule has 158 valence electrons. The monoisotopic (exact) mass is 407 g/mol. The van der Waals surface area contributed by atoms with Crippen LogP contribution in [-0.4, -0.2) is 87.1 Å². The molecule has 5 heterocycles. The highest BCUT2D eigenvalue weighted by Gasteiger charge is 2.25. The van der Waals surface area contributed by atoms with Gasteiger partial charge in [0, 0.05) is 56.7 Å². The van der Waals surface area contributed by atoms with Crippen LogP contribution >= 0.6 is 0 Å². The van der Waals surface area contributed by atoms with Gasteiger partial charge in [0.15, 0.2) is 11.5 Å². The van der Waals surface area contributed by atoms with Crippen molar-refractivity contribution >= 4 is 5.65 Å². The molecule has 3 aromatic heterocycles. The number of hydrogen-bond donors (Lipinski definition) is 0. The van der Waals surface area contributed by atoms with Crippen LogP contribution in [0.5, 0.6) is 0 Å². The zero-order valence-electron chi connectivity index (χ0n) is 17.4. The van der Waals surface area contributed by atoms with E-state index in [0.717, 1.165) is 94.5 Å². The fourth-order valence-electron chi connectivity index (χ4n) is 4.45. The molecule has 0 radical (unpaired) electrons. The first-order valence-electron chi connectivity index (χ1n) is 11.0. The molecule has 8 heteroatoms. The summed E-state index contributed by atoms with van der Waals surface area (Å²) in [7, 11) is 0. The molecule has 0 spiro atoms. The molecule has 2 aliphatic rings. The van der Waals surface area contributed by atoms with Gasteiger partial charge in [-0.3, -0.25) is 9.88 Å². The number of ether oxygens (including phenoxy) is 1. The Morgan fingerprint density at radius 2 is 1.80 bits per heavy atom. The number of aromatic nitrogens is 5. The van der Waals surface area contributed by atoms with E-state index >= 15 is 0 Å². The topological polar surface area (TPSA) is 71.7 Å². The molecular weight excluding hydrogens is 378 g/mol. The SMILES string of the molecule is c1cncc(-c2ccc3nnc(C4CCN(CCN5CCCOCC5)CC4)n3n2)c1. The summed E-state index contributed by atoms with van der Waals surface area (Å²) in [4.78, 5) is 9.33. The van der Waals surface area contributed by atoms with Gasteiger partial charge in [0.1, 0.15) is 0 Å². The molecule has 0 aromatic carbocycles. The van der Waals surface area contributed by atoms with Crippen LogP contribution in [0.3, 0.4) is 0 Å². The minimum absolute atomic E-state index is 0.402.